The number of nitrogens with one attached hydrogen (secondary N) is 2. The van der Waals surface area contributed by atoms with Gasteiger partial charge in [0.25, 0.3) is 0 Å². The van der Waals surface area contributed by atoms with Gasteiger partial charge in [-0.15, -0.1) is 6.58 Å². The van der Waals surface area contributed by atoms with Gasteiger partial charge in [0.1, 0.15) is 5.82 Å². The fourth-order valence-corrected chi connectivity index (χ4v) is 2.71. The SMILES string of the molecule is C=CCC1(C(=O)Nc2ccc(F)c(NC(=O)C=C)c2)CCOCC1. The molecule has 0 aromatic heterocycles. The Bertz CT molecular complexity index is 652. The van der Waals surface area contributed by atoms with Crippen LogP contribution in [0.2, 0.25) is 0 Å². The Morgan fingerprint density at radius 3 is 2.58 bits per heavy atom. The second-order valence-electron chi connectivity index (χ2n) is 5.73. The lowest BCUT2D eigenvalue weighted by Crippen LogP contribution is -2.40. The predicted octanol–water partition coefficient (Wildman–Crippen LogP) is 3.26. The number of hydrogen-bond donors (Lipinski definition) is 2. The van der Waals surface area contributed by atoms with Crippen molar-refractivity contribution in [2.75, 3.05) is 23.8 Å². The van der Waals surface area contributed by atoms with E-state index < -0.39 is 17.1 Å². The van der Waals surface area contributed by atoms with Crippen molar-refractivity contribution >= 4 is 23.2 Å². The van der Waals surface area contributed by atoms with Gasteiger partial charge in [-0.2, -0.15) is 0 Å². The molecule has 1 heterocycles. The lowest BCUT2D eigenvalue weighted by atomic mass is 9.76. The number of allylic oxidation sites excluding steroid dienone is 1. The molecule has 5 nitrogen and oxygen atoms in total. The van der Waals surface area contributed by atoms with Crippen molar-refractivity contribution in [1.82, 2.24) is 0 Å². The van der Waals surface area contributed by atoms with Gasteiger partial charge in [-0.05, 0) is 43.5 Å². The number of anilines is 2. The van der Waals surface area contributed by atoms with Crippen molar-refractivity contribution in [3.8, 4) is 0 Å². The summed E-state index contributed by atoms with van der Waals surface area (Å²) in [6, 6.07) is 4.03. The Labute approximate surface area is 140 Å². The number of carbonyl (C=O) groups excluding carboxylic acids is 2. The van der Waals surface area contributed by atoms with Gasteiger partial charge in [-0.25, -0.2) is 4.39 Å². The van der Waals surface area contributed by atoms with E-state index >= 15 is 0 Å². The molecule has 1 aromatic rings. The average molecular weight is 332 g/mol. The molecule has 1 aromatic carbocycles. The van der Waals surface area contributed by atoms with Crippen LogP contribution in [0.15, 0.2) is 43.5 Å². The summed E-state index contributed by atoms with van der Waals surface area (Å²) in [5.41, 5.74) is -0.169. The summed E-state index contributed by atoms with van der Waals surface area (Å²) >= 11 is 0. The Hall–Kier alpha value is -2.47. The standard InChI is InChI=1S/C18H21FN2O3/c1-3-7-18(8-10-24-11-9-18)17(23)20-13-5-6-14(19)15(12-13)21-16(22)4-2/h3-6,12H,1-2,7-11H2,(H,20,23)(H,21,22). The fourth-order valence-electron chi connectivity index (χ4n) is 2.71. The second kappa shape index (κ2) is 7.88. The third kappa shape index (κ3) is 4.08. The lowest BCUT2D eigenvalue weighted by Gasteiger charge is -2.35. The van der Waals surface area contributed by atoms with Crippen LogP contribution < -0.4 is 10.6 Å². The Morgan fingerprint density at radius 1 is 1.25 bits per heavy atom. The molecule has 128 valence electrons. The van der Waals surface area contributed by atoms with E-state index in [4.69, 9.17) is 4.74 Å². The highest BCUT2D eigenvalue weighted by atomic mass is 19.1. The van der Waals surface area contributed by atoms with Crippen LogP contribution in [0.5, 0.6) is 0 Å². The smallest absolute Gasteiger partial charge is 0.247 e. The molecule has 0 saturated carbocycles. The number of rotatable bonds is 6. The maximum atomic E-state index is 13.8. The van der Waals surface area contributed by atoms with Crippen molar-refractivity contribution < 1.29 is 18.7 Å². The largest absolute Gasteiger partial charge is 0.381 e. The van der Waals surface area contributed by atoms with E-state index in [-0.39, 0.29) is 11.6 Å². The van der Waals surface area contributed by atoms with Crippen LogP contribution in [0.3, 0.4) is 0 Å². The molecule has 0 atom stereocenters. The zero-order valence-corrected chi connectivity index (χ0v) is 13.4. The molecule has 24 heavy (non-hydrogen) atoms. The van der Waals surface area contributed by atoms with Gasteiger partial charge in [0, 0.05) is 18.9 Å². The summed E-state index contributed by atoms with van der Waals surface area (Å²) < 4.78 is 19.1. The van der Waals surface area contributed by atoms with E-state index in [1.807, 2.05) is 0 Å². The maximum absolute atomic E-state index is 13.8. The highest BCUT2D eigenvalue weighted by Crippen LogP contribution is 2.36. The van der Waals surface area contributed by atoms with E-state index in [0.717, 1.165) is 6.08 Å². The van der Waals surface area contributed by atoms with E-state index in [9.17, 15) is 14.0 Å². The molecule has 1 aliphatic heterocycles. The number of carbonyl (C=O) groups is 2. The summed E-state index contributed by atoms with van der Waals surface area (Å²) in [7, 11) is 0. The highest BCUT2D eigenvalue weighted by molar-refractivity contribution is 6.00. The van der Waals surface area contributed by atoms with E-state index in [0.29, 0.717) is 38.2 Å². The first-order valence-electron chi connectivity index (χ1n) is 7.74. The van der Waals surface area contributed by atoms with Crippen LogP contribution in [-0.4, -0.2) is 25.0 Å². The number of ether oxygens (including phenoxy) is 1. The summed E-state index contributed by atoms with van der Waals surface area (Å²) in [6.07, 6.45) is 4.53. The molecule has 2 amide bonds. The number of amides is 2. The van der Waals surface area contributed by atoms with Gasteiger partial charge in [-0.1, -0.05) is 12.7 Å². The van der Waals surface area contributed by atoms with Crippen molar-refractivity contribution in [2.24, 2.45) is 5.41 Å². The van der Waals surface area contributed by atoms with Crippen molar-refractivity contribution in [1.29, 1.82) is 0 Å². The molecular formula is C18H21FN2O3. The maximum Gasteiger partial charge on any atom is 0.247 e. The first kappa shape index (κ1) is 17.9. The molecule has 1 fully saturated rings. The molecule has 0 unspecified atom stereocenters. The highest BCUT2D eigenvalue weighted by Gasteiger charge is 2.38. The minimum absolute atomic E-state index is 0.0116. The zero-order valence-electron chi connectivity index (χ0n) is 13.4. The van der Waals surface area contributed by atoms with E-state index in [2.05, 4.69) is 23.8 Å². The van der Waals surface area contributed by atoms with Crippen LogP contribution >= 0.6 is 0 Å². The van der Waals surface area contributed by atoms with Gasteiger partial charge in [0.05, 0.1) is 11.1 Å². The van der Waals surface area contributed by atoms with Crippen molar-refractivity contribution in [2.45, 2.75) is 19.3 Å². The predicted molar refractivity (Wildman–Crippen MR) is 91.2 cm³/mol. The average Bonchev–Trinajstić information content (AvgIpc) is 2.58. The first-order chi connectivity index (χ1) is 11.5. The topological polar surface area (TPSA) is 67.4 Å². The number of halogens is 1. The number of hydrogen-bond acceptors (Lipinski definition) is 3. The Kier molecular flexibility index (Phi) is 5.87. The summed E-state index contributed by atoms with van der Waals surface area (Å²) in [5.74, 6) is -1.27. The van der Waals surface area contributed by atoms with Crippen molar-refractivity contribution in [3.63, 3.8) is 0 Å². The normalized spacial score (nSPS) is 16.0. The van der Waals surface area contributed by atoms with Gasteiger partial charge < -0.3 is 15.4 Å². The van der Waals surface area contributed by atoms with Crippen LogP contribution in [-0.2, 0) is 14.3 Å². The van der Waals surface area contributed by atoms with Gasteiger partial charge in [0.2, 0.25) is 11.8 Å². The molecule has 2 rings (SSSR count). The van der Waals surface area contributed by atoms with Crippen molar-refractivity contribution in [3.05, 3.63) is 49.3 Å². The minimum Gasteiger partial charge on any atom is -0.381 e. The van der Waals surface area contributed by atoms with Crippen LogP contribution in [0.1, 0.15) is 19.3 Å². The van der Waals surface area contributed by atoms with Crippen LogP contribution in [0, 0.1) is 11.2 Å². The summed E-state index contributed by atoms with van der Waals surface area (Å²) in [6.45, 7) is 8.09. The molecule has 0 bridgehead atoms. The third-order valence-corrected chi connectivity index (χ3v) is 4.13. The van der Waals surface area contributed by atoms with E-state index in [1.54, 1.807) is 6.08 Å². The molecule has 0 aliphatic carbocycles. The monoisotopic (exact) mass is 332 g/mol. The summed E-state index contributed by atoms with van der Waals surface area (Å²) in [5, 5.41) is 5.18. The molecule has 1 saturated heterocycles. The van der Waals surface area contributed by atoms with Gasteiger partial charge in [-0.3, -0.25) is 9.59 Å². The third-order valence-electron chi connectivity index (χ3n) is 4.13. The van der Waals surface area contributed by atoms with Crippen LogP contribution in [0.4, 0.5) is 15.8 Å². The molecule has 0 radical (unpaired) electrons. The Morgan fingerprint density at radius 2 is 1.96 bits per heavy atom. The quantitative estimate of drug-likeness (QED) is 0.621. The van der Waals surface area contributed by atoms with Gasteiger partial charge in [0.15, 0.2) is 0 Å². The van der Waals surface area contributed by atoms with Crippen LogP contribution in [0.25, 0.3) is 0 Å². The Balaban J connectivity index is 2.18. The van der Waals surface area contributed by atoms with E-state index in [1.165, 1.54) is 18.2 Å². The number of benzene rings is 1. The second-order valence-corrected chi connectivity index (χ2v) is 5.73. The minimum atomic E-state index is -0.588. The summed E-state index contributed by atoms with van der Waals surface area (Å²) in [4.78, 5) is 24.1. The molecule has 1 aliphatic rings. The molecule has 0 spiro atoms. The zero-order chi connectivity index (χ0) is 17.6. The molecule has 6 heteroatoms. The first-order valence-corrected chi connectivity index (χ1v) is 7.74. The van der Waals surface area contributed by atoms with Gasteiger partial charge >= 0.3 is 0 Å². The molecule has 2 N–H and O–H groups in total. The fraction of sp³-hybridized carbons (Fsp3) is 0.333. The molecular weight excluding hydrogens is 311 g/mol. The lowest BCUT2D eigenvalue weighted by molar-refractivity contribution is -0.130.